The number of anilines is 1. The first kappa shape index (κ1) is 30.3. The molecule has 0 bridgehead atoms. The van der Waals surface area contributed by atoms with Crippen molar-refractivity contribution in [1.29, 1.82) is 0 Å². The van der Waals surface area contributed by atoms with E-state index in [1.807, 2.05) is 76.8 Å². The Kier molecular flexibility index (Phi) is 8.73. The molecule has 0 saturated carbocycles. The molecule has 3 N–H and O–H groups in total. The average molecular weight is 632 g/mol. The highest BCUT2D eigenvalue weighted by Crippen LogP contribution is 2.29. The third kappa shape index (κ3) is 6.66. The highest BCUT2D eigenvalue weighted by Gasteiger charge is 2.23. The molecule has 4 heterocycles. The Morgan fingerprint density at radius 1 is 1.07 bits per heavy atom. The minimum atomic E-state index is -3.67. The number of fused-ring (bicyclic) bond motifs is 2. The van der Waals surface area contributed by atoms with Crippen molar-refractivity contribution in [2.75, 3.05) is 31.5 Å². The maximum absolute atomic E-state index is 13.6. The molecule has 44 heavy (non-hydrogen) atoms. The van der Waals surface area contributed by atoms with E-state index in [1.54, 1.807) is 0 Å². The largest absolute Gasteiger partial charge is 0.461 e. The number of pyridine rings is 1. The zero-order chi connectivity index (χ0) is 30.8. The molecule has 9 nitrogen and oxygen atoms in total. The summed E-state index contributed by atoms with van der Waals surface area (Å²) in [5.41, 5.74) is 10.7. The van der Waals surface area contributed by atoms with Gasteiger partial charge in [-0.1, -0.05) is 24.3 Å². The van der Waals surface area contributed by atoms with E-state index in [4.69, 9.17) is 15.5 Å². The van der Waals surface area contributed by atoms with E-state index in [-0.39, 0.29) is 18.8 Å². The smallest absolute Gasteiger partial charge is 0.355 e. The minimum Gasteiger partial charge on any atom is -0.461 e. The SMILES string of the molecule is Cc1cscc1CS(=O)(=O)Nc1cc(Cn2c(C(=O)OCC3CCN(C)CC3)cc3ccc(CN)nc32)c2ccccc2c1. The van der Waals surface area contributed by atoms with Gasteiger partial charge in [-0.3, -0.25) is 4.72 Å². The van der Waals surface area contributed by atoms with Gasteiger partial charge in [-0.25, -0.2) is 18.2 Å². The van der Waals surface area contributed by atoms with E-state index in [0.717, 1.165) is 58.8 Å². The Balaban J connectivity index is 1.35. The molecule has 1 aliphatic rings. The summed E-state index contributed by atoms with van der Waals surface area (Å²) in [4.78, 5) is 20.7. The third-order valence-corrected chi connectivity index (χ3v) is 10.5. The van der Waals surface area contributed by atoms with Crippen LogP contribution in [0.4, 0.5) is 5.69 Å². The van der Waals surface area contributed by atoms with Crippen molar-refractivity contribution >= 4 is 54.8 Å². The molecule has 11 heteroatoms. The number of aromatic nitrogens is 2. The van der Waals surface area contributed by atoms with Crippen LogP contribution in [0.1, 0.15) is 45.7 Å². The van der Waals surface area contributed by atoms with Gasteiger partial charge in [0, 0.05) is 17.6 Å². The molecule has 1 saturated heterocycles. The highest BCUT2D eigenvalue weighted by atomic mass is 32.2. The van der Waals surface area contributed by atoms with Crippen LogP contribution < -0.4 is 10.5 Å². The van der Waals surface area contributed by atoms with Crippen LogP contribution in [0.2, 0.25) is 0 Å². The van der Waals surface area contributed by atoms with E-state index in [9.17, 15) is 13.2 Å². The number of sulfonamides is 1. The molecular weight excluding hydrogens is 595 g/mol. The van der Waals surface area contributed by atoms with Crippen molar-refractivity contribution in [2.45, 2.75) is 38.6 Å². The predicted octanol–water partition coefficient (Wildman–Crippen LogP) is 5.51. The maximum atomic E-state index is 13.6. The number of carbonyl (C=O) groups excluding carboxylic acids is 1. The van der Waals surface area contributed by atoms with Crippen molar-refractivity contribution in [3.05, 3.63) is 93.4 Å². The van der Waals surface area contributed by atoms with Crippen LogP contribution in [0.25, 0.3) is 21.8 Å². The summed E-state index contributed by atoms with van der Waals surface area (Å²) < 4.78 is 36.9. The molecule has 1 fully saturated rings. The summed E-state index contributed by atoms with van der Waals surface area (Å²) in [7, 11) is -1.56. The van der Waals surface area contributed by atoms with Gasteiger partial charge in [-0.15, -0.1) is 0 Å². The van der Waals surface area contributed by atoms with Crippen LogP contribution in [-0.2, 0) is 33.6 Å². The quantitative estimate of drug-likeness (QED) is 0.195. The molecule has 0 unspecified atom stereocenters. The summed E-state index contributed by atoms with van der Waals surface area (Å²) in [5.74, 6) is -0.170. The summed E-state index contributed by atoms with van der Waals surface area (Å²) in [6.45, 7) is 4.82. The van der Waals surface area contributed by atoms with E-state index >= 15 is 0 Å². The maximum Gasteiger partial charge on any atom is 0.355 e. The molecule has 1 aliphatic heterocycles. The number of hydrogen-bond donors (Lipinski definition) is 2. The van der Waals surface area contributed by atoms with E-state index in [2.05, 4.69) is 16.7 Å². The van der Waals surface area contributed by atoms with Crippen LogP contribution in [0, 0.1) is 12.8 Å². The van der Waals surface area contributed by atoms with Crippen LogP contribution in [0.5, 0.6) is 0 Å². The van der Waals surface area contributed by atoms with Gasteiger partial charge >= 0.3 is 5.97 Å². The number of thiophene rings is 1. The van der Waals surface area contributed by atoms with Gasteiger partial charge in [-0.05, 0) is 114 Å². The molecule has 0 atom stereocenters. The van der Waals surface area contributed by atoms with Gasteiger partial charge in [0.1, 0.15) is 11.3 Å². The minimum absolute atomic E-state index is 0.105. The Morgan fingerprint density at radius 3 is 2.61 bits per heavy atom. The first-order chi connectivity index (χ1) is 21.2. The number of carbonyl (C=O) groups is 1. The number of nitrogens with zero attached hydrogens (tertiary/aromatic N) is 3. The monoisotopic (exact) mass is 631 g/mol. The Morgan fingerprint density at radius 2 is 1.86 bits per heavy atom. The van der Waals surface area contributed by atoms with Crippen LogP contribution >= 0.6 is 11.3 Å². The van der Waals surface area contributed by atoms with Gasteiger partial charge in [-0.2, -0.15) is 11.3 Å². The summed E-state index contributed by atoms with van der Waals surface area (Å²) >= 11 is 1.49. The van der Waals surface area contributed by atoms with Crippen molar-refractivity contribution in [3.63, 3.8) is 0 Å². The Labute approximate surface area is 261 Å². The van der Waals surface area contributed by atoms with E-state index < -0.39 is 16.0 Å². The number of piperidine rings is 1. The van der Waals surface area contributed by atoms with Crippen LogP contribution in [-0.4, -0.2) is 55.6 Å². The molecule has 0 radical (unpaired) electrons. The van der Waals surface area contributed by atoms with E-state index in [0.29, 0.717) is 35.2 Å². The Hall–Kier alpha value is -3.77. The molecule has 5 aromatic rings. The molecule has 0 spiro atoms. The predicted molar refractivity (Wildman–Crippen MR) is 176 cm³/mol. The van der Waals surface area contributed by atoms with Gasteiger partial charge in [0.05, 0.1) is 24.6 Å². The topological polar surface area (TPSA) is 120 Å². The van der Waals surface area contributed by atoms with E-state index in [1.165, 1.54) is 11.3 Å². The van der Waals surface area contributed by atoms with Crippen LogP contribution in [0.3, 0.4) is 0 Å². The lowest BCUT2D eigenvalue weighted by atomic mass is 9.98. The summed E-state index contributed by atoms with van der Waals surface area (Å²) in [6.07, 6.45) is 1.99. The fraction of sp³-hybridized carbons (Fsp3) is 0.333. The number of nitrogens with two attached hydrogens (primary N) is 1. The number of aryl methyl sites for hydroxylation is 1. The zero-order valence-corrected chi connectivity index (χ0v) is 26.6. The fourth-order valence-electron chi connectivity index (χ4n) is 5.81. The number of likely N-dealkylation sites (tertiary alicyclic amines) is 1. The third-order valence-electron chi connectivity index (χ3n) is 8.36. The molecule has 230 valence electrons. The second-order valence-electron chi connectivity index (χ2n) is 11.7. The lowest BCUT2D eigenvalue weighted by Gasteiger charge is -2.28. The second kappa shape index (κ2) is 12.7. The zero-order valence-electron chi connectivity index (χ0n) is 25.0. The molecule has 2 aromatic carbocycles. The fourth-order valence-corrected chi connectivity index (χ4v) is 8.04. The summed E-state index contributed by atoms with van der Waals surface area (Å²) in [6, 6.07) is 17.1. The second-order valence-corrected chi connectivity index (χ2v) is 14.1. The first-order valence-corrected chi connectivity index (χ1v) is 17.4. The average Bonchev–Trinajstić information content (AvgIpc) is 3.58. The number of hydrogen-bond acceptors (Lipinski definition) is 8. The van der Waals surface area contributed by atoms with Gasteiger partial charge in [0.2, 0.25) is 10.0 Å². The number of ether oxygens (including phenoxy) is 1. The van der Waals surface area contributed by atoms with Crippen molar-refractivity contribution in [3.8, 4) is 0 Å². The summed E-state index contributed by atoms with van der Waals surface area (Å²) in [5, 5.41) is 6.45. The van der Waals surface area contributed by atoms with Crippen molar-refractivity contribution in [1.82, 2.24) is 14.5 Å². The standard InChI is InChI=1S/C33H37N5O4S2/c1-22-19-43-20-27(22)21-44(40,41)36-29-13-24-5-3-4-6-30(24)26(14-29)17-38-31(15-25-7-8-28(16-34)35-32(25)38)33(39)42-18-23-9-11-37(2)12-10-23/h3-8,13-15,19-20,23,36H,9-12,16-18,21,34H2,1-2H3. The lowest BCUT2D eigenvalue weighted by Crippen LogP contribution is -2.32. The molecule has 3 aromatic heterocycles. The number of rotatable bonds is 10. The van der Waals surface area contributed by atoms with Gasteiger partial charge in [0.25, 0.3) is 0 Å². The number of benzene rings is 2. The molecule has 6 rings (SSSR count). The van der Waals surface area contributed by atoms with Crippen LogP contribution in [0.15, 0.2) is 65.4 Å². The number of esters is 1. The van der Waals surface area contributed by atoms with Gasteiger partial charge in [0.15, 0.2) is 0 Å². The normalized spacial score (nSPS) is 14.8. The number of nitrogens with one attached hydrogen (secondary N) is 1. The molecule has 0 amide bonds. The van der Waals surface area contributed by atoms with Crippen molar-refractivity contribution in [2.24, 2.45) is 11.7 Å². The van der Waals surface area contributed by atoms with Crippen molar-refractivity contribution < 1.29 is 17.9 Å². The van der Waals surface area contributed by atoms with Gasteiger partial charge < -0.3 is 19.9 Å². The lowest BCUT2D eigenvalue weighted by molar-refractivity contribution is 0.0373. The molecular formula is C33H37N5O4S2. The Bertz CT molecular complexity index is 1920. The highest BCUT2D eigenvalue weighted by molar-refractivity contribution is 7.91. The molecule has 0 aliphatic carbocycles. The first-order valence-electron chi connectivity index (χ1n) is 14.8.